The minimum atomic E-state index is -1.45. The number of carbonyl (C=O) groups is 1. The first-order chi connectivity index (χ1) is 13.3. The molecule has 0 aliphatic heterocycles. The van der Waals surface area contributed by atoms with Gasteiger partial charge < -0.3 is 10.4 Å². The lowest BCUT2D eigenvalue weighted by molar-refractivity contribution is 0.0954. The molecule has 0 fully saturated rings. The van der Waals surface area contributed by atoms with Crippen molar-refractivity contribution in [2.45, 2.75) is 33.6 Å². The molecule has 1 amide bonds. The molecule has 0 bridgehead atoms. The third-order valence-corrected chi connectivity index (χ3v) is 3.84. The van der Waals surface area contributed by atoms with E-state index in [9.17, 15) is 18.9 Å². The molecule has 1 unspecified atom stereocenters. The summed E-state index contributed by atoms with van der Waals surface area (Å²) in [6, 6.07) is 0. The van der Waals surface area contributed by atoms with Gasteiger partial charge in [0, 0.05) is 20.4 Å². The number of hydrogen-bond donors (Lipinski definition) is 3. The smallest absolute Gasteiger partial charge is 0.297 e. The molecule has 0 radical (unpaired) electrons. The molecule has 1 aliphatic carbocycles. The minimum absolute atomic E-state index is 0.0627. The molecule has 1 atom stereocenters. The maximum Gasteiger partial charge on any atom is 0.297 e. The fourth-order valence-corrected chi connectivity index (χ4v) is 2.37. The monoisotopic (exact) mass is 410 g/mol. The van der Waals surface area contributed by atoms with Gasteiger partial charge in [-0.2, -0.15) is 0 Å². The molecule has 1 aliphatic rings. The molecule has 0 spiro atoms. The van der Waals surface area contributed by atoms with E-state index in [1.54, 1.807) is 0 Å². The third-order valence-electron chi connectivity index (χ3n) is 3.37. The Kier molecular flexibility index (Phi) is 12.2. The van der Waals surface area contributed by atoms with Gasteiger partial charge in [0.05, 0.1) is 0 Å². The molecule has 3 N–H and O–H groups in total. The summed E-state index contributed by atoms with van der Waals surface area (Å²) in [5.74, 6) is -1.52. The first-order valence-electron chi connectivity index (χ1n) is 8.87. The second-order valence-corrected chi connectivity index (χ2v) is 6.59. The van der Waals surface area contributed by atoms with Crippen LogP contribution in [0.3, 0.4) is 0 Å². The lowest BCUT2D eigenvalue weighted by atomic mass is 10.1. The van der Waals surface area contributed by atoms with Crippen molar-refractivity contribution in [3.05, 3.63) is 52.0 Å². The third kappa shape index (κ3) is 8.34. The fraction of sp³-hybridized carbons (Fsp3) is 0.421. The lowest BCUT2D eigenvalue weighted by Gasteiger charge is -2.10. The van der Waals surface area contributed by atoms with Crippen molar-refractivity contribution >= 4 is 22.8 Å². The number of carbonyl (C=O) groups excluding carboxylic acids is 1. The summed E-state index contributed by atoms with van der Waals surface area (Å²) in [6.07, 6.45) is 14.4. The molecule has 1 heterocycles. The first kappa shape index (κ1) is 25.3. The number of nitrogens with one attached hydrogen (secondary N) is 2. The molecule has 0 aromatic carbocycles. The topological polar surface area (TPSA) is 113 Å². The molecule has 9 heteroatoms. The van der Waals surface area contributed by atoms with E-state index in [2.05, 4.69) is 52.3 Å². The van der Waals surface area contributed by atoms with Crippen molar-refractivity contribution in [2.24, 2.45) is 7.05 Å². The summed E-state index contributed by atoms with van der Waals surface area (Å²) in [7, 11) is 1.22. The molecular formula is C19H30N4O4S. The van der Waals surface area contributed by atoms with Crippen LogP contribution in [-0.4, -0.2) is 38.1 Å². The molecule has 1 aromatic heterocycles. The van der Waals surface area contributed by atoms with Crippen molar-refractivity contribution < 1.29 is 14.1 Å². The highest BCUT2D eigenvalue weighted by Crippen LogP contribution is 2.11. The first-order valence-corrected chi connectivity index (χ1v) is 10.4. The highest BCUT2D eigenvalue weighted by atomic mass is 32.2. The van der Waals surface area contributed by atoms with Gasteiger partial charge in [-0.3, -0.25) is 18.9 Å². The number of hydrogen-bond acceptors (Lipinski definition) is 5. The van der Waals surface area contributed by atoms with E-state index < -0.39 is 33.9 Å². The molecule has 0 saturated carbocycles. The van der Waals surface area contributed by atoms with Gasteiger partial charge in [-0.25, -0.2) is 9.19 Å². The Morgan fingerprint density at radius 1 is 1.29 bits per heavy atom. The number of amides is 1. The summed E-state index contributed by atoms with van der Waals surface area (Å²) < 4.78 is 14.3. The van der Waals surface area contributed by atoms with Crippen LogP contribution in [-0.2, 0) is 18.0 Å². The summed E-state index contributed by atoms with van der Waals surface area (Å²) in [6.45, 7) is 6.17. The Balaban J connectivity index is 0.000000556. The zero-order valence-corrected chi connectivity index (χ0v) is 18.1. The molecule has 2 rings (SSSR count). The van der Waals surface area contributed by atoms with E-state index in [4.69, 9.17) is 0 Å². The van der Waals surface area contributed by atoms with Crippen molar-refractivity contribution in [1.29, 1.82) is 0 Å². The summed E-state index contributed by atoms with van der Waals surface area (Å²) in [5, 5.41) is 11.7. The predicted molar refractivity (Wildman–Crippen MR) is 115 cm³/mol. The van der Waals surface area contributed by atoms with Gasteiger partial charge in [-0.05, 0) is 19.8 Å². The molecule has 156 valence electrons. The summed E-state index contributed by atoms with van der Waals surface area (Å²) >= 11 is 0. The Bertz CT molecular complexity index is 826. The van der Waals surface area contributed by atoms with Crippen LogP contribution in [0.2, 0.25) is 0 Å². The van der Waals surface area contributed by atoms with Crippen LogP contribution < -0.4 is 15.6 Å². The Morgan fingerprint density at radius 2 is 1.89 bits per heavy atom. The van der Waals surface area contributed by atoms with E-state index in [1.165, 1.54) is 25.9 Å². The standard InChI is InChI=1S/C9H12.C8H12N4O4S.C2H6/c1-9-7-5-3-2-4-6-8-9;1-9-6(14)4-5(13)7(15)12(2)8(10-4)11-17(3)16;1-2/h2-5,8H,6-7H2,1H3;13H,1-3H3,(H,9,14)(H,10,11);1-2H3/b4-2-,5-3-,9-8-;;. The lowest BCUT2D eigenvalue weighted by Crippen LogP contribution is -2.28. The average molecular weight is 411 g/mol. The highest BCUT2D eigenvalue weighted by molar-refractivity contribution is 7.85. The molecule has 0 saturated heterocycles. The second-order valence-electron chi connectivity index (χ2n) is 5.48. The van der Waals surface area contributed by atoms with E-state index in [1.807, 2.05) is 13.8 Å². The number of allylic oxidation sites excluding steroid dienone is 6. The largest absolute Gasteiger partial charge is 0.501 e. The molecule has 1 aromatic rings. The van der Waals surface area contributed by atoms with E-state index in [0.29, 0.717) is 0 Å². The van der Waals surface area contributed by atoms with Gasteiger partial charge >= 0.3 is 0 Å². The van der Waals surface area contributed by atoms with Crippen LogP contribution in [0.25, 0.3) is 0 Å². The zero-order valence-electron chi connectivity index (χ0n) is 17.3. The van der Waals surface area contributed by atoms with Crippen LogP contribution in [0.15, 0.2) is 40.7 Å². The predicted octanol–water partition coefficient (Wildman–Crippen LogP) is 2.42. The van der Waals surface area contributed by atoms with Crippen LogP contribution >= 0.6 is 0 Å². The zero-order chi connectivity index (χ0) is 21.7. The normalized spacial score (nSPS) is 17.6. The number of rotatable bonds is 3. The van der Waals surface area contributed by atoms with Gasteiger partial charge in [0.1, 0.15) is 11.0 Å². The Labute approximate surface area is 168 Å². The molecule has 28 heavy (non-hydrogen) atoms. The van der Waals surface area contributed by atoms with E-state index in [0.717, 1.165) is 17.4 Å². The van der Waals surface area contributed by atoms with Crippen molar-refractivity contribution in [2.75, 3.05) is 18.0 Å². The molecular weight excluding hydrogens is 380 g/mol. The van der Waals surface area contributed by atoms with Crippen molar-refractivity contribution in [3.63, 3.8) is 0 Å². The maximum absolute atomic E-state index is 11.6. The number of anilines is 1. The summed E-state index contributed by atoms with van der Waals surface area (Å²) in [4.78, 5) is 26.7. The number of aromatic nitrogens is 2. The van der Waals surface area contributed by atoms with Gasteiger partial charge in [0.25, 0.3) is 11.5 Å². The van der Waals surface area contributed by atoms with Gasteiger partial charge in [-0.15, -0.1) is 0 Å². The van der Waals surface area contributed by atoms with Gasteiger partial charge in [0.2, 0.25) is 11.7 Å². The number of aromatic hydroxyl groups is 1. The van der Waals surface area contributed by atoms with Crippen molar-refractivity contribution in [3.8, 4) is 5.75 Å². The van der Waals surface area contributed by atoms with Crippen LogP contribution in [0, 0.1) is 0 Å². The van der Waals surface area contributed by atoms with E-state index in [-0.39, 0.29) is 5.95 Å². The minimum Gasteiger partial charge on any atom is -0.501 e. The fourth-order valence-electron chi connectivity index (χ4n) is 1.93. The summed E-state index contributed by atoms with van der Waals surface area (Å²) in [5.41, 5.74) is 0.255. The Hall–Kier alpha value is -2.68. The van der Waals surface area contributed by atoms with Crippen LogP contribution in [0.4, 0.5) is 5.95 Å². The van der Waals surface area contributed by atoms with Crippen LogP contribution in [0.1, 0.15) is 44.1 Å². The van der Waals surface area contributed by atoms with Crippen LogP contribution in [0.5, 0.6) is 5.75 Å². The van der Waals surface area contributed by atoms with E-state index >= 15 is 0 Å². The Morgan fingerprint density at radius 3 is 2.46 bits per heavy atom. The SMILES string of the molecule is C/C1=C/C/C=C\C=C/C1.CC.CNC(=O)c1nc(NS(C)=O)n(C)c(=O)c1O. The van der Waals surface area contributed by atoms with Gasteiger partial charge in [0.15, 0.2) is 5.69 Å². The quantitative estimate of drug-likeness (QED) is 0.662. The number of nitrogens with zero attached hydrogens (tertiary/aromatic N) is 2. The maximum atomic E-state index is 11.6. The average Bonchev–Trinajstić information content (AvgIpc) is 2.66. The van der Waals surface area contributed by atoms with Crippen molar-refractivity contribution in [1.82, 2.24) is 14.9 Å². The van der Waals surface area contributed by atoms with Gasteiger partial charge in [-0.1, -0.05) is 49.8 Å². The molecule has 8 nitrogen and oxygen atoms in total. The highest BCUT2D eigenvalue weighted by Gasteiger charge is 2.19. The second kappa shape index (κ2) is 13.5.